The van der Waals surface area contributed by atoms with Gasteiger partial charge in [-0.3, -0.25) is 0 Å². The van der Waals surface area contributed by atoms with E-state index in [1.165, 1.54) is 12.1 Å². The number of hydrogen-bond donors (Lipinski definition) is 2. The van der Waals surface area contributed by atoms with Gasteiger partial charge in [-0.2, -0.15) is 0 Å². The molecular weight excluding hydrogens is 268 g/mol. The van der Waals surface area contributed by atoms with E-state index in [2.05, 4.69) is 10.3 Å². The van der Waals surface area contributed by atoms with Crippen molar-refractivity contribution >= 4 is 23.4 Å². The van der Waals surface area contributed by atoms with Gasteiger partial charge < -0.3 is 15.2 Å². The molecule has 1 atom stereocenters. The van der Waals surface area contributed by atoms with Gasteiger partial charge in [0.25, 0.3) is 0 Å². The van der Waals surface area contributed by atoms with Crippen LogP contribution in [0.4, 0.5) is 5.82 Å². The standard InChI is InChI=1S/C13H17ClN2O3/c1-8(9-4-6-19-7-5-9)15-12-10(13(17)18)2-3-11(14)16-12/h2-3,8-9H,4-7H2,1H3,(H,15,16)(H,17,18). The molecule has 0 spiro atoms. The zero-order chi connectivity index (χ0) is 13.8. The Morgan fingerprint density at radius 2 is 2.21 bits per heavy atom. The Balaban J connectivity index is 2.12. The van der Waals surface area contributed by atoms with Crippen LogP contribution in [0.15, 0.2) is 12.1 Å². The Kier molecular flexibility index (Phi) is 4.61. The monoisotopic (exact) mass is 284 g/mol. The molecule has 0 aliphatic carbocycles. The highest BCUT2D eigenvalue weighted by Crippen LogP contribution is 2.23. The summed E-state index contributed by atoms with van der Waals surface area (Å²) >= 11 is 5.83. The summed E-state index contributed by atoms with van der Waals surface area (Å²) in [5.74, 6) is -0.221. The van der Waals surface area contributed by atoms with Crippen LogP contribution in [0.3, 0.4) is 0 Å². The van der Waals surface area contributed by atoms with Crippen LogP contribution in [0.25, 0.3) is 0 Å². The normalized spacial score (nSPS) is 18.0. The van der Waals surface area contributed by atoms with Crippen molar-refractivity contribution in [1.82, 2.24) is 4.98 Å². The van der Waals surface area contributed by atoms with Gasteiger partial charge in [0.15, 0.2) is 0 Å². The average molecular weight is 285 g/mol. The molecule has 0 radical (unpaired) electrons. The van der Waals surface area contributed by atoms with Crippen molar-refractivity contribution in [2.24, 2.45) is 5.92 Å². The summed E-state index contributed by atoms with van der Waals surface area (Å²) in [6, 6.07) is 3.08. The molecule has 5 nitrogen and oxygen atoms in total. The quantitative estimate of drug-likeness (QED) is 0.832. The first-order valence-electron chi connectivity index (χ1n) is 6.32. The third-order valence-electron chi connectivity index (χ3n) is 3.43. The first-order chi connectivity index (χ1) is 9.08. The minimum atomic E-state index is -1.01. The summed E-state index contributed by atoms with van der Waals surface area (Å²) in [5, 5.41) is 12.6. The molecule has 0 aromatic carbocycles. The van der Waals surface area contributed by atoms with Gasteiger partial charge in [0.05, 0.1) is 0 Å². The number of aromatic carboxylic acids is 1. The van der Waals surface area contributed by atoms with Crippen LogP contribution in [0.1, 0.15) is 30.1 Å². The van der Waals surface area contributed by atoms with Crippen LogP contribution in [0.2, 0.25) is 5.15 Å². The number of ether oxygens (including phenoxy) is 1. The molecule has 1 aromatic rings. The molecule has 2 heterocycles. The van der Waals surface area contributed by atoms with E-state index in [0.717, 1.165) is 26.1 Å². The second kappa shape index (κ2) is 6.21. The number of pyridine rings is 1. The molecule has 1 aromatic heterocycles. The number of nitrogens with zero attached hydrogens (tertiary/aromatic N) is 1. The molecule has 6 heteroatoms. The van der Waals surface area contributed by atoms with Gasteiger partial charge in [0.1, 0.15) is 16.5 Å². The molecule has 1 aliphatic rings. The maximum atomic E-state index is 11.1. The van der Waals surface area contributed by atoms with Crippen molar-refractivity contribution in [2.75, 3.05) is 18.5 Å². The molecule has 0 amide bonds. The lowest BCUT2D eigenvalue weighted by molar-refractivity contribution is 0.0620. The number of carbonyl (C=O) groups is 1. The maximum Gasteiger partial charge on any atom is 0.339 e. The van der Waals surface area contributed by atoms with E-state index in [9.17, 15) is 4.79 Å². The van der Waals surface area contributed by atoms with E-state index < -0.39 is 5.97 Å². The first-order valence-corrected chi connectivity index (χ1v) is 6.70. The molecule has 2 N–H and O–H groups in total. The Hall–Kier alpha value is -1.33. The summed E-state index contributed by atoms with van der Waals surface area (Å²) in [7, 11) is 0. The largest absolute Gasteiger partial charge is 0.478 e. The lowest BCUT2D eigenvalue weighted by Crippen LogP contribution is -2.31. The van der Waals surface area contributed by atoms with Gasteiger partial charge in [-0.15, -0.1) is 0 Å². The SMILES string of the molecule is CC(Nc1nc(Cl)ccc1C(=O)O)C1CCOCC1. The van der Waals surface area contributed by atoms with Gasteiger partial charge in [0, 0.05) is 19.3 Å². The number of rotatable bonds is 4. The number of carboxylic acids is 1. The van der Waals surface area contributed by atoms with Crippen molar-refractivity contribution in [3.63, 3.8) is 0 Å². The number of carboxylic acid groups (broad SMARTS) is 1. The van der Waals surface area contributed by atoms with Crippen molar-refractivity contribution in [3.05, 3.63) is 22.8 Å². The van der Waals surface area contributed by atoms with E-state index in [4.69, 9.17) is 21.4 Å². The summed E-state index contributed by atoms with van der Waals surface area (Å²) < 4.78 is 5.32. The molecule has 19 heavy (non-hydrogen) atoms. The van der Waals surface area contributed by atoms with Crippen LogP contribution < -0.4 is 5.32 Å². The smallest absolute Gasteiger partial charge is 0.339 e. The molecular formula is C13H17ClN2O3. The highest BCUT2D eigenvalue weighted by molar-refractivity contribution is 6.29. The van der Waals surface area contributed by atoms with E-state index in [1.54, 1.807) is 0 Å². The van der Waals surface area contributed by atoms with Gasteiger partial charge in [-0.05, 0) is 37.8 Å². The second-order valence-electron chi connectivity index (χ2n) is 4.72. The van der Waals surface area contributed by atoms with Gasteiger partial charge in [-0.1, -0.05) is 11.6 Å². The van der Waals surface area contributed by atoms with Crippen molar-refractivity contribution in [1.29, 1.82) is 0 Å². The number of nitrogens with one attached hydrogen (secondary N) is 1. The van der Waals surface area contributed by atoms with Gasteiger partial charge in [-0.25, -0.2) is 9.78 Å². The minimum absolute atomic E-state index is 0.132. The van der Waals surface area contributed by atoms with Crippen molar-refractivity contribution in [3.8, 4) is 0 Å². The van der Waals surface area contributed by atoms with Gasteiger partial charge in [0.2, 0.25) is 0 Å². The van der Waals surface area contributed by atoms with Crippen LogP contribution >= 0.6 is 11.6 Å². The predicted molar refractivity (Wildman–Crippen MR) is 72.8 cm³/mol. The second-order valence-corrected chi connectivity index (χ2v) is 5.11. The van der Waals surface area contributed by atoms with E-state index >= 15 is 0 Å². The highest BCUT2D eigenvalue weighted by Gasteiger charge is 2.22. The Morgan fingerprint density at radius 3 is 2.84 bits per heavy atom. The van der Waals surface area contributed by atoms with E-state index in [0.29, 0.717) is 11.7 Å². The average Bonchev–Trinajstić information content (AvgIpc) is 2.39. The number of anilines is 1. The van der Waals surface area contributed by atoms with Crippen LogP contribution in [-0.2, 0) is 4.74 Å². The fraction of sp³-hybridized carbons (Fsp3) is 0.538. The Morgan fingerprint density at radius 1 is 1.53 bits per heavy atom. The van der Waals surface area contributed by atoms with Crippen LogP contribution in [0.5, 0.6) is 0 Å². The Labute approximate surface area is 116 Å². The molecule has 1 unspecified atom stereocenters. The number of hydrogen-bond acceptors (Lipinski definition) is 4. The Bertz CT molecular complexity index is 461. The lowest BCUT2D eigenvalue weighted by atomic mass is 9.93. The summed E-state index contributed by atoms with van der Waals surface area (Å²) in [4.78, 5) is 15.2. The zero-order valence-electron chi connectivity index (χ0n) is 10.7. The summed E-state index contributed by atoms with van der Waals surface area (Å²) in [6.45, 7) is 3.54. The molecule has 1 aliphatic heterocycles. The zero-order valence-corrected chi connectivity index (χ0v) is 11.5. The molecule has 0 bridgehead atoms. The third kappa shape index (κ3) is 3.58. The molecule has 2 rings (SSSR count). The lowest BCUT2D eigenvalue weighted by Gasteiger charge is -2.29. The molecule has 0 saturated carbocycles. The summed E-state index contributed by atoms with van der Waals surface area (Å²) in [6.07, 6.45) is 1.94. The van der Waals surface area contributed by atoms with E-state index in [1.807, 2.05) is 6.92 Å². The van der Waals surface area contributed by atoms with Crippen LogP contribution in [0, 0.1) is 5.92 Å². The highest BCUT2D eigenvalue weighted by atomic mass is 35.5. The van der Waals surface area contributed by atoms with E-state index in [-0.39, 0.29) is 16.8 Å². The molecule has 104 valence electrons. The van der Waals surface area contributed by atoms with Crippen molar-refractivity contribution in [2.45, 2.75) is 25.8 Å². The first kappa shape index (κ1) is 14.1. The third-order valence-corrected chi connectivity index (χ3v) is 3.64. The maximum absolute atomic E-state index is 11.1. The number of aromatic nitrogens is 1. The fourth-order valence-electron chi connectivity index (χ4n) is 2.27. The van der Waals surface area contributed by atoms with Crippen LogP contribution in [-0.4, -0.2) is 35.3 Å². The fourth-order valence-corrected chi connectivity index (χ4v) is 2.41. The summed E-state index contributed by atoms with van der Waals surface area (Å²) in [5.41, 5.74) is 0.142. The molecule has 1 saturated heterocycles. The topological polar surface area (TPSA) is 71.5 Å². The number of halogens is 1. The predicted octanol–water partition coefficient (Wildman–Crippen LogP) is 2.66. The minimum Gasteiger partial charge on any atom is -0.478 e. The van der Waals surface area contributed by atoms with Crippen molar-refractivity contribution < 1.29 is 14.6 Å². The molecule has 1 fully saturated rings. The van der Waals surface area contributed by atoms with Gasteiger partial charge >= 0.3 is 5.97 Å².